The van der Waals surface area contributed by atoms with Crippen LogP contribution in [0.3, 0.4) is 0 Å². The van der Waals surface area contributed by atoms with Crippen molar-refractivity contribution in [1.82, 2.24) is 29.0 Å². The number of likely N-dealkylation sites (tertiary alicyclic amines) is 1. The second-order valence-corrected chi connectivity index (χ2v) is 7.37. The third kappa shape index (κ3) is 4.13. The second kappa shape index (κ2) is 8.37. The number of aryl methyl sites for hydroxylation is 2. The van der Waals surface area contributed by atoms with Crippen molar-refractivity contribution in [2.45, 2.75) is 45.2 Å². The number of imidazole rings is 2. The van der Waals surface area contributed by atoms with E-state index in [1.807, 2.05) is 47.2 Å². The van der Waals surface area contributed by atoms with Crippen LogP contribution >= 0.6 is 0 Å². The highest BCUT2D eigenvalue weighted by Crippen LogP contribution is 2.26. The van der Waals surface area contributed by atoms with Crippen molar-refractivity contribution in [1.29, 1.82) is 0 Å². The number of hydrogen-bond acceptors (Lipinski definition) is 4. The largest absolute Gasteiger partial charge is 0.342 e. The summed E-state index contributed by atoms with van der Waals surface area (Å²) in [4.78, 5) is 27.8. The van der Waals surface area contributed by atoms with Gasteiger partial charge >= 0.3 is 0 Å². The van der Waals surface area contributed by atoms with Gasteiger partial charge in [-0.3, -0.25) is 9.78 Å². The minimum atomic E-state index is 0.211. The lowest BCUT2D eigenvalue weighted by molar-refractivity contribution is -0.132. The zero-order chi connectivity index (χ0) is 19.3. The summed E-state index contributed by atoms with van der Waals surface area (Å²) in [7, 11) is 0. The molecule has 1 aliphatic rings. The van der Waals surface area contributed by atoms with E-state index in [2.05, 4.69) is 25.6 Å². The Morgan fingerprint density at radius 3 is 2.82 bits per heavy atom. The highest BCUT2D eigenvalue weighted by Gasteiger charge is 2.27. The molecule has 7 nitrogen and oxygen atoms in total. The van der Waals surface area contributed by atoms with Crippen molar-refractivity contribution in [3.05, 3.63) is 66.5 Å². The quantitative estimate of drug-likeness (QED) is 0.661. The Hall–Kier alpha value is -2.96. The third-order valence-electron chi connectivity index (χ3n) is 5.45. The Balaban J connectivity index is 1.39. The number of aromatic nitrogens is 5. The Labute approximate surface area is 165 Å². The normalized spacial score (nSPS) is 17.0. The van der Waals surface area contributed by atoms with Crippen LogP contribution in [-0.4, -0.2) is 48.0 Å². The molecule has 1 amide bonds. The Kier molecular flexibility index (Phi) is 5.50. The molecule has 4 rings (SSSR count). The first kappa shape index (κ1) is 18.4. The van der Waals surface area contributed by atoms with Crippen molar-refractivity contribution in [3.8, 4) is 0 Å². The fraction of sp³-hybridized carbons (Fsp3) is 0.429. The van der Waals surface area contributed by atoms with Crippen LogP contribution in [0.5, 0.6) is 0 Å². The second-order valence-electron chi connectivity index (χ2n) is 7.37. The zero-order valence-electron chi connectivity index (χ0n) is 16.2. The monoisotopic (exact) mass is 378 g/mol. The van der Waals surface area contributed by atoms with Gasteiger partial charge < -0.3 is 14.0 Å². The van der Waals surface area contributed by atoms with Crippen LogP contribution in [0, 0.1) is 6.92 Å². The van der Waals surface area contributed by atoms with Gasteiger partial charge in [0.1, 0.15) is 11.6 Å². The third-order valence-corrected chi connectivity index (χ3v) is 5.45. The molecule has 0 unspecified atom stereocenters. The van der Waals surface area contributed by atoms with Crippen molar-refractivity contribution in [2.75, 3.05) is 13.1 Å². The molecular weight excluding hydrogens is 352 g/mol. The molecule has 1 aliphatic heterocycles. The van der Waals surface area contributed by atoms with E-state index in [0.29, 0.717) is 13.0 Å². The van der Waals surface area contributed by atoms with E-state index in [-0.39, 0.29) is 11.8 Å². The van der Waals surface area contributed by atoms with Crippen molar-refractivity contribution < 1.29 is 4.79 Å². The number of amides is 1. The van der Waals surface area contributed by atoms with E-state index in [9.17, 15) is 4.79 Å². The molecule has 1 saturated heterocycles. The number of carbonyl (C=O) groups excluding carboxylic acids is 1. The van der Waals surface area contributed by atoms with Crippen LogP contribution in [0.2, 0.25) is 0 Å². The molecule has 1 atom stereocenters. The summed E-state index contributed by atoms with van der Waals surface area (Å²) in [6.45, 7) is 4.98. The first-order chi connectivity index (χ1) is 13.7. The van der Waals surface area contributed by atoms with E-state index in [0.717, 1.165) is 49.7 Å². The molecular formula is C21H26N6O. The van der Waals surface area contributed by atoms with E-state index in [4.69, 9.17) is 0 Å². The highest BCUT2D eigenvalue weighted by atomic mass is 16.2. The molecule has 0 N–H and O–H groups in total. The van der Waals surface area contributed by atoms with Gasteiger partial charge in [-0.1, -0.05) is 6.07 Å². The van der Waals surface area contributed by atoms with Gasteiger partial charge in [-0.15, -0.1) is 0 Å². The van der Waals surface area contributed by atoms with Crippen molar-refractivity contribution >= 4 is 5.91 Å². The van der Waals surface area contributed by atoms with Crippen LogP contribution in [-0.2, 0) is 17.9 Å². The number of rotatable bonds is 6. The standard InChI is InChI=1S/C21H26N6O/c1-17-23-8-12-25(17)11-6-20(28)26-10-3-5-19(16-26)21-24-9-13-27(21)15-18-4-2-7-22-14-18/h2,4,7-9,12-14,19H,3,5-6,10-11,15-16H2,1H3/t19-/m0/s1. The van der Waals surface area contributed by atoms with Gasteiger partial charge in [0.05, 0.1) is 6.54 Å². The minimum Gasteiger partial charge on any atom is -0.342 e. The molecule has 3 aromatic rings. The maximum Gasteiger partial charge on any atom is 0.224 e. The topological polar surface area (TPSA) is 68.8 Å². The first-order valence-corrected chi connectivity index (χ1v) is 9.86. The van der Waals surface area contributed by atoms with Gasteiger partial charge in [-0.05, 0) is 31.4 Å². The molecule has 28 heavy (non-hydrogen) atoms. The molecule has 146 valence electrons. The maximum atomic E-state index is 12.8. The van der Waals surface area contributed by atoms with E-state index in [1.54, 1.807) is 12.4 Å². The Morgan fingerprint density at radius 1 is 1.18 bits per heavy atom. The van der Waals surface area contributed by atoms with Gasteiger partial charge in [0, 0.05) is 69.2 Å². The lowest BCUT2D eigenvalue weighted by Crippen LogP contribution is -2.40. The summed E-state index contributed by atoms with van der Waals surface area (Å²) in [6, 6.07) is 4.03. The van der Waals surface area contributed by atoms with Crippen LogP contribution < -0.4 is 0 Å². The van der Waals surface area contributed by atoms with Gasteiger partial charge in [-0.25, -0.2) is 9.97 Å². The van der Waals surface area contributed by atoms with Crippen LogP contribution in [0.15, 0.2) is 49.3 Å². The molecule has 0 aliphatic carbocycles. The lowest BCUT2D eigenvalue weighted by Gasteiger charge is -2.33. The number of piperidine rings is 1. The summed E-state index contributed by atoms with van der Waals surface area (Å²) >= 11 is 0. The smallest absolute Gasteiger partial charge is 0.224 e. The van der Waals surface area contributed by atoms with Gasteiger partial charge in [0.2, 0.25) is 5.91 Å². The molecule has 0 saturated carbocycles. The van der Waals surface area contributed by atoms with Crippen LogP contribution in [0.25, 0.3) is 0 Å². The fourth-order valence-electron chi connectivity index (χ4n) is 3.93. The lowest BCUT2D eigenvalue weighted by atomic mass is 9.96. The molecule has 0 radical (unpaired) electrons. The number of carbonyl (C=O) groups is 1. The summed E-state index contributed by atoms with van der Waals surface area (Å²) in [5, 5.41) is 0. The van der Waals surface area contributed by atoms with E-state index >= 15 is 0 Å². The van der Waals surface area contributed by atoms with Gasteiger partial charge in [0.15, 0.2) is 0 Å². The average molecular weight is 378 g/mol. The van der Waals surface area contributed by atoms with Crippen molar-refractivity contribution in [3.63, 3.8) is 0 Å². The minimum absolute atomic E-state index is 0.211. The van der Waals surface area contributed by atoms with E-state index < -0.39 is 0 Å². The first-order valence-electron chi connectivity index (χ1n) is 9.86. The summed E-state index contributed by atoms with van der Waals surface area (Å²) in [6.07, 6.45) is 13.8. The Morgan fingerprint density at radius 2 is 2.04 bits per heavy atom. The summed E-state index contributed by atoms with van der Waals surface area (Å²) in [5.41, 5.74) is 1.15. The molecule has 0 bridgehead atoms. The van der Waals surface area contributed by atoms with Crippen LogP contribution in [0.4, 0.5) is 0 Å². The fourth-order valence-corrected chi connectivity index (χ4v) is 3.93. The molecule has 3 aromatic heterocycles. The summed E-state index contributed by atoms with van der Waals surface area (Å²) in [5.74, 6) is 2.50. The highest BCUT2D eigenvalue weighted by molar-refractivity contribution is 5.76. The number of nitrogens with zero attached hydrogens (tertiary/aromatic N) is 6. The molecule has 0 aromatic carbocycles. The number of pyridine rings is 1. The maximum absolute atomic E-state index is 12.8. The SMILES string of the molecule is Cc1nccn1CCC(=O)N1CCC[C@H](c2nccn2Cc2cccnc2)C1. The van der Waals surface area contributed by atoms with E-state index in [1.165, 1.54) is 0 Å². The predicted octanol–water partition coefficient (Wildman–Crippen LogP) is 2.63. The molecule has 0 spiro atoms. The van der Waals surface area contributed by atoms with Crippen molar-refractivity contribution in [2.24, 2.45) is 0 Å². The number of hydrogen-bond donors (Lipinski definition) is 0. The van der Waals surface area contributed by atoms with Crippen LogP contribution in [0.1, 0.15) is 42.4 Å². The summed E-state index contributed by atoms with van der Waals surface area (Å²) < 4.78 is 4.21. The average Bonchev–Trinajstić information content (AvgIpc) is 3.36. The molecule has 1 fully saturated rings. The Bertz CT molecular complexity index is 916. The predicted molar refractivity (Wildman–Crippen MR) is 106 cm³/mol. The van der Waals surface area contributed by atoms with Gasteiger partial charge in [0.25, 0.3) is 0 Å². The zero-order valence-corrected chi connectivity index (χ0v) is 16.2. The molecule has 7 heteroatoms. The van der Waals surface area contributed by atoms with Gasteiger partial charge in [-0.2, -0.15) is 0 Å². The molecule has 4 heterocycles.